The first-order chi connectivity index (χ1) is 21.1. The average Bonchev–Trinajstić information content (AvgIpc) is 2.97. The molecule has 0 saturated heterocycles. The molecule has 4 atom stereocenters. The van der Waals surface area contributed by atoms with E-state index >= 15 is 0 Å². The van der Waals surface area contributed by atoms with Crippen LogP contribution in [0.5, 0.6) is 0 Å². The van der Waals surface area contributed by atoms with Gasteiger partial charge in [0.2, 0.25) is 11.8 Å². The van der Waals surface area contributed by atoms with Gasteiger partial charge in [-0.25, -0.2) is 0 Å². The summed E-state index contributed by atoms with van der Waals surface area (Å²) in [5.74, 6) is -1.50. The van der Waals surface area contributed by atoms with Gasteiger partial charge in [-0.2, -0.15) is 0 Å². The molecule has 4 N–H and O–H groups in total. The predicted molar refractivity (Wildman–Crippen MR) is 176 cm³/mol. The van der Waals surface area contributed by atoms with E-state index in [1.165, 1.54) is 0 Å². The van der Waals surface area contributed by atoms with Crippen LogP contribution in [0, 0.1) is 30.6 Å². The summed E-state index contributed by atoms with van der Waals surface area (Å²) in [6.45, 7) is 16.1. The summed E-state index contributed by atoms with van der Waals surface area (Å²) in [7, 11) is 1.70. The molecule has 45 heavy (non-hydrogen) atoms. The van der Waals surface area contributed by atoms with Crippen LogP contribution in [0.2, 0.25) is 0 Å². The number of nitrogens with zero attached hydrogens (tertiary/aromatic N) is 2. The van der Waals surface area contributed by atoms with Crippen molar-refractivity contribution in [2.45, 2.75) is 93.0 Å². The second-order valence-electron chi connectivity index (χ2n) is 13.4. The number of aromatic nitrogens is 1. The van der Waals surface area contributed by atoms with Gasteiger partial charge in [0.15, 0.2) is 0 Å². The van der Waals surface area contributed by atoms with E-state index in [0.29, 0.717) is 30.6 Å². The Hall–Kier alpha value is -3.79. The van der Waals surface area contributed by atoms with Crippen molar-refractivity contribution in [1.29, 1.82) is 0 Å². The highest BCUT2D eigenvalue weighted by molar-refractivity contribution is 6.00. The summed E-state index contributed by atoms with van der Waals surface area (Å²) < 4.78 is 0. The average molecular weight is 624 g/mol. The molecule has 4 amide bonds. The number of nitrogens with one attached hydrogen (secondary N) is 3. The van der Waals surface area contributed by atoms with Crippen LogP contribution < -0.4 is 16.0 Å². The number of aryl methyl sites for hydroxylation is 1. The van der Waals surface area contributed by atoms with Gasteiger partial charge >= 0.3 is 0 Å². The van der Waals surface area contributed by atoms with Crippen LogP contribution >= 0.6 is 0 Å². The lowest BCUT2D eigenvalue weighted by molar-refractivity contribution is -0.132. The van der Waals surface area contributed by atoms with E-state index in [-0.39, 0.29) is 41.9 Å². The summed E-state index contributed by atoms with van der Waals surface area (Å²) in [6.07, 6.45) is 2.95. The van der Waals surface area contributed by atoms with E-state index < -0.39 is 30.0 Å². The Bertz CT molecular complexity index is 1280. The van der Waals surface area contributed by atoms with Crippen molar-refractivity contribution in [2.75, 3.05) is 13.6 Å². The van der Waals surface area contributed by atoms with E-state index in [4.69, 9.17) is 0 Å². The standard InChI is InChI=1S/C35H53N5O5/c1-21(2)13-29(30(41)16-25(8)32(42)39-31(23(5)6)34(44)37-18-22(3)4)38-33(43)27-14-24(7)15-28(17-27)35(45)40(9)20-26-11-10-12-36-19-26/h10-12,14-15,17,19,21-23,25,29-31,41H,13,16,18,20H2,1-9H3,(H,37,44)(H,38,43)(H,39,42). The molecule has 0 aliphatic rings. The van der Waals surface area contributed by atoms with Gasteiger partial charge in [-0.1, -0.05) is 54.5 Å². The summed E-state index contributed by atoms with van der Waals surface area (Å²) in [5, 5.41) is 19.9. The zero-order valence-electron chi connectivity index (χ0n) is 28.4. The van der Waals surface area contributed by atoms with Gasteiger partial charge in [-0.3, -0.25) is 24.2 Å². The van der Waals surface area contributed by atoms with E-state index in [2.05, 4.69) is 20.9 Å². The molecule has 2 aromatic rings. The fourth-order valence-corrected chi connectivity index (χ4v) is 5.05. The number of carbonyl (C=O) groups excluding carboxylic acids is 4. The Morgan fingerprint density at radius 1 is 0.889 bits per heavy atom. The summed E-state index contributed by atoms with van der Waals surface area (Å²) in [4.78, 5) is 58.2. The SMILES string of the molecule is Cc1cc(C(=O)NC(CC(C)C)C(O)CC(C)C(=O)NC(C(=O)NCC(C)C)C(C)C)cc(C(=O)N(C)Cc2cccnc2)c1. The molecule has 0 bridgehead atoms. The quantitative estimate of drug-likeness (QED) is 0.222. The van der Waals surface area contributed by atoms with Gasteiger partial charge in [-0.15, -0.1) is 0 Å². The van der Waals surface area contributed by atoms with Crippen LogP contribution in [0.25, 0.3) is 0 Å². The molecule has 10 nitrogen and oxygen atoms in total. The van der Waals surface area contributed by atoms with Gasteiger partial charge in [-0.05, 0) is 72.9 Å². The molecular weight excluding hydrogens is 570 g/mol. The second kappa shape index (κ2) is 17.6. The van der Waals surface area contributed by atoms with E-state index in [1.807, 2.05) is 60.6 Å². The Morgan fingerprint density at radius 2 is 1.56 bits per heavy atom. The zero-order chi connectivity index (χ0) is 33.8. The van der Waals surface area contributed by atoms with Gasteiger partial charge in [0, 0.05) is 49.6 Å². The minimum atomic E-state index is -1.01. The smallest absolute Gasteiger partial charge is 0.253 e. The third kappa shape index (κ3) is 12.3. The van der Waals surface area contributed by atoms with Crippen LogP contribution in [0.3, 0.4) is 0 Å². The van der Waals surface area contributed by atoms with Crippen LogP contribution in [0.4, 0.5) is 0 Å². The van der Waals surface area contributed by atoms with Crippen LogP contribution in [-0.2, 0) is 16.1 Å². The molecule has 248 valence electrons. The zero-order valence-corrected chi connectivity index (χ0v) is 28.4. The largest absolute Gasteiger partial charge is 0.391 e. The maximum absolute atomic E-state index is 13.5. The number of rotatable bonds is 16. The lowest BCUT2D eigenvalue weighted by atomic mass is 9.91. The van der Waals surface area contributed by atoms with Crippen molar-refractivity contribution in [3.8, 4) is 0 Å². The minimum Gasteiger partial charge on any atom is -0.391 e. The van der Waals surface area contributed by atoms with Crippen molar-refractivity contribution >= 4 is 23.6 Å². The maximum Gasteiger partial charge on any atom is 0.253 e. The monoisotopic (exact) mass is 623 g/mol. The third-order valence-corrected chi connectivity index (χ3v) is 7.56. The Labute approximate surface area is 268 Å². The molecule has 0 aliphatic heterocycles. The number of aliphatic hydroxyl groups is 1. The molecule has 2 rings (SSSR count). The number of benzene rings is 1. The first kappa shape index (κ1) is 37.4. The van der Waals surface area contributed by atoms with Crippen molar-refractivity contribution < 1.29 is 24.3 Å². The number of aliphatic hydroxyl groups excluding tert-OH is 1. The van der Waals surface area contributed by atoms with Gasteiger partial charge in [0.25, 0.3) is 11.8 Å². The molecule has 0 saturated carbocycles. The van der Waals surface area contributed by atoms with Crippen LogP contribution in [0.1, 0.15) is 93.2 Å². The van der Waals surface area contributed by atoms with Gasteiger partial charge in [0.1, 0.15) is 6.04 Å². The molecule has 0 spiro atoms. The molecule has 1 aromatic carbocycles. The van der Waals surface area contributed by atoms with Gasteiger partial charge in [0.05, 0.1) is 12.1 Å². The number of amides is 4. The number of pyridine rings is 1. The van der Waals surface area contributed by atoms with Gasteiger partial charge < -0.3 is 26.0 Å². The highest BCUT2D eigenvalue weighted by Crippen LogP contribution is 2.19. The summed E-state index contributed by atoms with van der Waals surface area (Å²) in [5.41, 5.74) is 2.34. The second-order valence-corrected chi connectivity index (χ2v) is 13.4. The Balaban J connectivity index is 2.13. The number of hydrogen-bond acceptors (Lipinski definition) is 6. The van der Waals surface area contributed by atoms with Crippen LogP contribution in [0.15, 0.2) is 42.7 Å². The lowest BCUT2D eigenvalue weighted by Crippen LogP contribution is -2.52. The number of carbonyl (C=O) groups is 4. The molecule has 0 fully saturated rings. The molecule has 4 unspecified atom stereocenters. The lowest BCUT2D eigenvalue weighted by Gasteiger charge is -2.29. The first-order valence-corrected chi connectivity index (χ1v) is 15.9. The molecule has 0 radical (unpaired) electrons. The fraction of sp³-hybridized carbons (Fsp3) is 0.571. The van der Waals surface area contributed by atoms with Crippen molar-refractivity contribution in [3.05, 3.63) is 65.0 Å². The molecule has 1 aromatic heterocycles. The molecule has 1 heterocycles. The predicted octanol–water partition coefficient (Wildman–Crippen LogP) is 4.11. The topological polar surface area (TPSA) is 141 Å². The first-order valence-electron chi connectivity index (χ1n) is 15.9. The Kier molecular flexibility index (Phi) is 14.7. The molecular formula is C35H53N5O5. The molecule has 10 heteroatoms. The minimum absolute atomic E-state index is 0.0959. The van der Waals surface area contributed by atoms with Crippen LogP contribution in [-0.4, -0.2) is 70.4 Å². The van der Waals surface area contributed by atoms with E-state index in [1.54, 1.807) is 49.5 Å². The van der Waals surface area contributed by atoms with E-state index in [9.17, 15) is 24.3 Å². The number of hydrogen-bond donors (Lipinski definition) is 4. The Morgan fingerprint density at radius 3 is 2.13 bits per heavy atom. The fourth-order valence-electron chi connectivity index (χ4n) is 5.05. The molecule has 0 aliphatic carbocycles. The normalized spacial score (nSPS) is 14.1. The van der Waals surface area contributed by atoms with Crippen molar-refractivity contribution in [3.63, 3.8) is 0 Å². The highest BCUT2D eigenvalue weighted by Gasteiger charge is 2.30. The summed E-state index contributed by atoms with van der Waals surface area (Å²) >= 11 is 0. The summed E-state index contributed by atoms with van der Waals surface area (Å²) in [6, 6.07) is 7.40. The third-order valence-electron chi connectivity index (χ3n) is 7.56. The van der Waals surface area contributed by atoms with Crippen molar-refractivity contribution in [2.24, 2.45) is 23.7 Å². The highest BCUT2D eigenvalue weighted by atomic mass is 16.3. The van der Waals surface area contributed by atoms with Crippen molar-refractivity contribution in [1.82, 2.24) is 25.8 Å². The maximum atomic E-state index is 13.5. The van der Waals surface area contributed by atoms with E-state index in [0.717, 1.165) is 11.1 Å².